The highest BCUT2D eigenvalue weighted by Gasteiger charge is 2.16. The predicted molar refractivity (Wildman–Crippen MR) is 17.2 cm³/mol. The van der Waals surface area contributed by atoms with Gasteiger partial charge in [0, 0.05) is 0 Å². The van der Waals surface area contributed by atoms with Gasteiger partial charge in [0.15, 0.2) is 6.10 Å². The van der Waals surface area contributed by atoms with Crippen LogP contribution in [0.3, 0.4) is 0 Å². The van der Waals surface area contributed by atoms with Crippen LogP contribution in [0.1, 0.15) is 0 Å². The Hall–Kier alpha value is -0.200. The minimum absolute atomic E-state index is 0.0417. The van der Waals surface area contributed by atoms with Crippen molar-refractivity contribution in [3.8, 4) is 0 Å². The Morgan fingerprint density at radius 2 is 2.57 bits per heavy atom. The molecular formula is C2H5N2O3-. The van der Waals surface area contributed by atoms with E-state index >= 15 is 0 Å². The lowest BCUT2D eigenvalue weighted by Gasteiger charge is -2.25. The first-order valence-corrected chi connectivity index (χ1v) is 1.77. The smallest absolute Gasteiger partial charge is 0.169 e. The fraction of sp³-hybridized carbons (Fsp3) is 1.00. The van der Waals surface area contributed by atoms with Gasteiger partial charge in [-0.15, -0.1) is 0 Å². The average molecular weight is 105 g/mol. The molecule has 0 saturated carbocycles. The Balaban J connectivity index is 2.40. The number of aliphatic hydroxyl groups is 1. The Bertz CT molecular complexity index is 65.3. The molecule has 5 nitrogen and oxygen atoms in total. The van der Waals surface area contributed by atoms with Crippen LogP contribution in [0.25, 0.3) is 0 Å². The summed E-state index contributed by atoms with van der Waals surface area (Å²) in [6.07, 6.45) is -2.42. The number of hydrazine groups is 1. The Labute approximate surface area is 39.9 Å². The standard InChI is InChI=1S/C2H5N2O3/c5-2(6)4-3-1-7-2/h3-5H,1H2/q-1. The summed E-state index contributed by atoms with van der Waals surface area (Å²) in [5.41, 5.74) is 4.20. The minimum Gasteiger partial charge on any atom is -0.792 e. The van der Waals surface area contributed by atoms with Gasteiger partial charge in [0.2, 0.25) is 0 Å². The van der Waals surface area contributed by atoms with E-state index in [0.29, 0.717) is 0 Å². The van der Waals surface area contributed by atoms with Crippen molar-refractivity contribution in [3.05, 3.63) is 0 Å². The van der Waals surface area contributed by atoms with Gasteiger partial charge >= 0.3 is 0 Å². The summed E-state index contributed by atoms with van der Waals surface area (Å²) in [4.78, 5) is 0. The molecule has 0 aromatic rings. The Morgan fingerprint density at radius 1 is 1.86 bits per heavy atom. The summed E-state index contributed by atoms with van der Waals surface area (Å²) in [7, 11) is 0. The normalized spacial score (nSPS) is 42.0. The molecule has 1 fully saturated rings. The molecule has 0 amide bonds. The molecule has 1 aliphatic heterocycles. The van der Waals surface area contributed by atoms with Crippen molar-refractivity contribution in [2.24, 2.45) is 0 Å². The maximum atomic E-state index is 10.1. The molecule has 1 unspecified atom stereocenters. The molecule has 7 heavy (non-hydrogen) atoms. The van der Waals surface area contributed by atoms with E-state index in [9.17, 15) is 5.11 Å². The van der Waals surface area contributed by atoms with E-state index in [0.717, 1.165) is 0 Å². The van der Waals surface area contributed by atoms with Crippen LogP contribution in [-0.2, 0) is 4.74 Å². The molecule has 1 rings (SSSR count). The van der Waals surface area contributed by atoms with Crippen LogP contribution in [0, 0.1) is 0 Å². The zero-order chi connectivity index (χ0) is 5.33. The van der Waals surface area contributed by atoms with E-state index in [-0.39, 0.29) is 6.73 Å². The molecule has 0 radical (unpaired) electrons. The highest BCUT2D eigenvalue weighted by molar-refractivity contribution is 4.44. The summed E-state index contributed by atoms with van der Waals surface area (Å²) in [6, 6.07) is 0. The third-order valence-electron chi connectivity index (χ3n) is 0.586. The van der Waals surface area contributed by atoms with Crippen LogP contribution < -0.4 is 16.0 Å². The summed E-state index contributed by atoms with van der Waals surface area (Å²) in [5, 5.41) is 18.3. The first kappa shape index (κ1) is 4.95. The average Bonchev–Trinajstić information content (AvgIpc) is 1.84. The predicted octanol–water partition coefficient (Wildman–Crippen LogP) is -2.97. The maximum absolute atomic E-state index is 10.1. The SMILES string of the molecule is [O-]C1(O)NNCO1. The summed E-state index contributed by atoms with van der Waals surface area (Å²) >= 11 is 0. The zero-order valence-electron chi connectivity index (χ0n) is 3.47. The zero-order valence-corrected chi connectivity index (χ0v) is 3.47. The van der Waals surface area contributed by atoms with Gasteiger partial charge in [-0.1, -0.05) is 0 Å². The topological polar surface area (TPSA) is 76.6 Å². The highest BCUT2D eigenvalue weighted by Crippen LogP contribution is 1.92. The van der Waals surface area contributed by atoms with E-state index in [4.69, 9.17) is 5.11 Å². The molecule has 1 atom stereocenters. The monoisotopic (exact) mass is 105 g/mol. The van der Waals surface area contributed by atoms with Crippen LogP contribution >= 0.6 is 0 Å². The molecule has 3 N–H and O–H groups in total. The second kappa shape index (κ2) is 1.39. The van der Waals surface area contributed by atoms with Crippen LogP contribution in [0.15, 0.2) is 0 Å². The van der Waals surface area contributed by atoms with Gasteiger partial charge in [0.05, 0.1) is 0 Å². The van der Waals surface area contributed by atoms with Gasteiger partial charge in [-0.2, -0.15) is 0 Å². The molecule has 5 heteroatoms. The van der Waals surface area contributed by atoms with Crippen molar-refractivity contribution in [2.75, 3.05) is 6.73 Å². The van der Waals surface area contributed by atoms with Gasteiger partial charge in [-0.05, 0) is 0 Å². The van der Waals surface area contributed by atoms with Gasteiger partial charge < -0.3 is 14.9 Å². The van der Waals surface area contributed by atoms with E-state index < -0.39 is 6.10 Å². The van der Waals surface area contributed by atoms with Crippen LogP contribution in [0.2, 0.25) is 0 Å². The van der Waals surface area contributed by atoms with Crippen molar-refractivity contribution in [1.29, 1.82) is 0 Å². The third kappa shape index (κ3) is 1.08. The molecule has 0 aromatic carbocycles. The summed E-state index contributed by atoms with van der Waals surface area (Å²) < 4.78 is 4.12. The fourth-order valence-corrected chi connectivity index (χ4v) is 0.318. The number of rotatable bonds is 0. The van der Waals surface area contributed by atoms with E-state index in [1.807, 2.05) is 5.43 Å². The minimum atomic E-state index is -2.42. The van der Waals surface area contributed by atoms with Crippen molar-refractivity contribution in [3.63, 3.8) is 0 Å². The van der Waals surface area contributed by atoms with Gasteiger partial charge in [-0.3, -0.25) is 0 Å². The van der Waals surface area contributed by atoms with Crippen molar-refractivity contribution < 1.29 is 14.9 Å². The molecule has 1 heterocycles. The third-order valence-corrected chi connectivity index (χ3v) is 0.586. The lowest BCUT2D eigenvalue weighted by atomic mass is 11.0. The van der Waals surface area contributed by atoms with E-state index in [1.165, 1.54) is 0 Å². The lowest BCUT2D eigenvalue weighted by molar-refractivity contribution is -0.626. The molecule has 0 spiro atoms. The lowest BCUT2D eigenvalue weighted by Crippen LogP contribution is -2.55. The molecule has 0 aliphatic carbocycles. The Morgan fingerprint density at radius 3 is 2.71 bits per heavy atom. The van der Waals surface area contributed by atoms with E-state index in [1.54, 1.807) is 0 Å². The molecule has 42 valence electrons. The van der Waals surface area contributed by atoms with Crippen molar-refractivity contribution >= 4 is 0 Å². The fourth-order valence-electron chi connectivity index (χ4n) is 0.318. The molecule has 1 aliphatic rings. The number of hydrogen-bond acceptors (Lipinski definition) is 5. The Kier molecular flexibility index (Phi) is 0.983. The second-order valence-electron chi connectivity index (χ2n) is 1.17. The number of nitrogens with one attached hydrogen (secondary N) is 2. The van der Waals surface area contributed by atoms with E-state index in [2.05, 4.69) is 10.2 Å². The maximum Gasteiger partial charge on any atom is 0.169 e. The molecule has 0 aromatic heterocycles. The molecular weight excluding hydrogens is 100 g/mol. The summed E-state index contributed by atoms with van der Waals surface area (Å²) in [5.74, 6) is 0. The van der Waals surface area contributed by atoms with Crippen LogP contribution in [-0.4, -0.2) is 17.9 Å². The van der Waals surface area contributed by atoms with Crippen molar-refractivity contribution in [1.82, 2.24) is 10.9 Å². The van der Waals surface area contributed by atoms with Crippen LogP contribution in [0.5, 0.6) is 0 Å². The number of hydrogen-bond donors (Lipinski definition) is 3. The van der Waals surface area contributed by atoms with Gasteiger partial charge in [0.25, 0.3) is 0 Å². The first-order valence-electron chi connectivity index (χ1n) is 1.77. The van der Waals surface area contributed by atoms with Crippen LogP contribution in [0.4, 0.5) is 0 Å². The van der Waals surface area contributed by atoms with Crippen molar-refractivity contribution in [2.45, 2.75) is 6.10 Å². The molecule has 1 saturated heterocycles. The van der Waals surface area contributed by atoms with Gasteiger partial charge in [0.1, 0.15) is 6.73 Å². The van der Waals surface area contributed by atoms with Gasteiger partial charge in [-0.25, -0.2) is 10.9 Å². The number of ether oxygens (including phenoxy) is 1. The molecule has 0 bridgehead atoms. The highest BCUT2D eigenvalue weighted by atomic mass is 16.8. The largest absolute Gasteiger partial charge is 0.792 e. The quantitative estimate of drug-likeness (QED) is 0.287. The summed E-state index contributed by atoms with van der Waals surface area (Å²) in [6.45, 7) is 0.0417. The second-order valence-corrected chi connectivity index (χ2v) is 1.17. The first-order chi connectivity index (χ1) is 3.21.